The average molecular weight is 310 g/mol. The zero-order chi connectivity index (χ0) is 16.5. The molecule has 0 fully saturated rings. The first-order chi connectivity index (χ1) is 10.2. The number of halogens is 3. The molecule has 1 unspecified atom stereocenters. The first kappa shape index (κ1) is 16.1. The van der Waals surface area contributed by atoms with Crippen molar-refractivity contribution >= 4 is 5.91 Å². The Balaban J connectivity index is 2.18. The van der Waals surface area contributed by atoms with Gasteiger partial charge in [0.25, 0.3) is 5.91 Å². The summed E-state index contributed by atoms with van der Waals surface area (Å²) in [5.74, 6) is -0.409. The number of rotatable bonds is 2. The summed E-state index contributed by atoms with van der Waals surface area (Å²) in [6, 6.07) is 5.19. The SMILES string of the molecule is Cc1ccc(C(=O)NC2C=C(C(F)(F)F)C=CN2C)cc1C. The van der Waals surface area contributed by atoms with Crippen molar-refractivity contribution in [3.63, 3.8) is 0 Å². The molecule has 0 saturated heterocycles. The molecule has 118 valence electrons. The first-order valence-corrected chi connectivity index (χ1v) is 6.76. The maximum absolute atomic E-state index is 12.7. The monoisotopic (exact) mass is 310 g/mol. The van der Waals surface area contributed by atoms with Gasteiger partial charge in [-0.3, -0.25) is 4.79 Å². The van der Waals surface area contributed by atoms with Crippen molar-refractivity contribution in [2.75, 3.05) is 7.05 Å². The van der Waals surface area contributed by atoms with Crippen LogP contribution < -0.4 is 5.32 Å². The summed E-state index contributed by atoms with van der Waals surface area (Å²) in [6.45, 7) is 3.80. The smallest absolute Gasteiger partial charge is 0.357 e. The van der Waals surface area contributed by atoms with Crippen LogP contribution in [0.1, 0.15) is 21.5 Å². The molecule has 1 atom stereocenters. The third-order valence-corrected chi connectivity index (χ3v) is 3.64. The predicted octanol–water partition coefficient (Wildman–Crippen LogP) is 3.31. The Hall–Kier alpha value is -2.24. The molecule has 1 aliphatic rings. The van der Waals surface area contributed by atoms with E-state index in [1.165, 1.54) is 11.1 Å². The first-order valence-electron chi connectivity index (χ1n) is 6.76. The summed E-state index contributed by atoms with van der Waals surface area (Å²) < 4.78 is 38.2. The van der Waals surface area contributed by atoms with Crippen LogP contribution in [-0.4, -0.2) is 30.2 Å². The molecule has 1 aliphatic heterocycles. The number of allylic oxidation sites excluding steroid dienone is 2. The van der Waals surface area contributed by atoms with Crippen LogP contribution in [0.25, 0.3) is 0 Å². The topological polar surface area (TPSA) is 32.3 Å². The Kier molecular flexibility index (Phi) is 4.30. The molecule has 1 aromatic rings. The molecular weight excluding hydrogens is 293 g/mol. The molecule has 1 amide bonds. The van der Waals surface area contributed by atoms with Gasteiger partial charge in [-0.1, -0.05) is 6.07 Å². The third-order valence-electron chi connectivity index (χ3n) is 3.64. The molecule has 6 heteroatoms. The number of hydrogen-bond donors (Lipinski definition) is 1. The number of carbonyl (C=O) groups is 1. The number of nitrogens with one attached hydrogen (secondary N) is 1. The molecule has 0 saturated carbocycles. The Morgan fingerprint density at radius 2 is 1.91 bits per heavy atom. The molecule has 1 heterocycles. The van der Waals surface area contributed by atoms with E-state index in [-0.39, 0.29) is 0 Å². The number of aryl methyl sites for hydroxylation is 2. The zero-order valence-corrected chi connectivity index (χ0v) is 12.5. The highest BCUT2D eigenvalue weighted by Crippen LogP contribution is 2.29. The maximum Gasteiger partial charge on any atom is 0.416 e. The highest BCUT2D eigenvalue weighted by molar-refractivity contribution is 5.94. The number of alkyl halides is 3. The maximum atomic E-state index is 12.7. The summed E-state index contributed by atoms with van der Waals surface area (Å²) in [4.78, 5) is 13.7. The highest BCUT2D eigenvalue weighted by Gasteiger charge is 2.34. The van der Waals surface area contributed by atoms with Crippen molar-refractivity contribution in [3.05, 3.63) is 58.8 Å². The van der Waals surface area contributed by atoms with Crippen LogP contribution in [0.3, 0.4) is 0 Å². The van der Waals surface area contributed by atoms with Crippen molar-refractivity contribution in [1.82, 2.24) is 10.2 Å². The number of likely N-dealkylation sites (N-methyl/N-ethyl adjacent to an activating group) is 1. The van der Waals surface area contributed by atoms with Gasteiger partial charge < -0.3 is 10.2 Å². The second-order valence-electron chi connectivity index (χ2n) is 5.32. The largest absolute Gasteiger partial charge is 0.416 e. The number of nitrogens with zero attached hydrogens (tertiary/aromatic N) is 1. The second kappa shape index (κ2) is 5.87. The number of benzene rings is 1. The van der Waals surface area contributed by atoms with Crippen LogP contribution in [0.2, 0.25) is 0 Å². The Bertz CT molecular complexity index is 647. The molecule has 0 aromatic heterocycles. The van der Waals surface area contributed by atoms with Crippen LogP contribution >= 0.6 is 0 Å². The van der Waals surface area contributed by atoms with Gasteiger partial charge in [0.2, 0.25) is 0 Å². The molecule has 1 N–H and O–H groups in total. The van der Waals surface area contributed by atoms with E-state index in [9.17, 15) is 18.0 Å². The van der Waals surface area contributed by atoms with Crippen LogP contribution in [0, 0.1) is 13.8 Å². The fraction of sp³-hybridized carbons (Fsp3) is 0.312. The van der Waals surface area contributed by atoms with E-state index in [2.05, 4.69) is 5.32 Å². The predicted molar refractivity (Wildman–Crippen MR) is 78.2 cm³/mol. The lowest BCUT2D eigenvalue weighted by Crippen LogP contribution is -2.44. The van der Waals surface area contributed by atoms with Gasteiger partial charge in [-0.25, -0.2) is 0 Å². The zero-order valence-electron chi connectivity index (χ0n) is 12.5. The van der Waals surface area contributed by atoms with Crippen LogP contribution in [0.4, 0.5) is 13.2 Å². The van der Waals surface area contributed by atoms with Gasteiger partial charge in [0.15, 0.2) is 0 Å². The highest BCUT2D eigenvalue weighted by atomic mass is 19.4. The molecule has 0 aliphatic carbocycles. The summed E-state index contributed by atoms with van der Waals surface area (Å²) >= 11 is 0. The lowest BCUT2D eigenvalue weighted by molar-refractivity contribution is -0.0893. The standard InChI is InChI=1S/C16H17F3N2O/c1-10-4-5-12(8-11(10)2)15(22)20-14-9-13(16(17,18)19)6-7-21(14)3/h4-9,14H,1-3H3,(H,20,22). The average Bonchev–Trinajstić information content (AvgIpc) is 2.43. The molecule has 1 aromatic carbocycles. The Morgan fingerprint density at radius 1 is 1.23 bits per heavy atom. The summed E-state index contributed by atoms with van der Waals surface area (Å²) in [6.07, 6.45) is -1.98. The summed E-state index contributed by atoms with van der Waals surface area (Å²) in [5.41, 5.74) is 1.66. The van der Waals surface area contributed by atoms with E-state index in [1.807, 2.05) is 19.9 Å². The minimum absolute atomic E-state index is 0.409. The van der Waals surface area contributed by atoms with Crippen molar-refractivity contribution in [2.24, 2.45) is 0 Å². The molecule has 0 bridgehead atoms. The van der Waals surface area contributed by atoms with E-state index in [0.717, 1.165) is 23.3 Å². The molecule has 3 nitrogen and oxygen atoms in total. The van der Waals surface area contributed by atoms with Crippen molar-refractivity contribution in [3.8, 4) is 0 Å². The molecule has 2 rings (SSSR count). The number of carbonyl (C=O) groups excluding carboxylic acids is 1. The second-order valence-corrected chi connectivity index (χ2v) is 5.32. The van der Waals surface area contributed by atoms with Gasteiger partial charge in [0.05, 0.1) is 5.57 Å². The van der Waals surface area contributed by atoms with E-state index in [0.29, 0.717) is 5.56 Å². The summed E-state index contributed by atoms with van der Waals surface area (Å²) in [7, 11) is 1.60. The fourth-order valence-corrected chi connectivity index (χ4v) is 2.07. The van der Waals surface area contributed by atoms with Gasteiger partial charge in [0, 0.05) is 18.8 Å². The Morgan fingerprint density at radius 3 is 2.50 bits per heavy atom. The van der Waals surface area contributed by atoms with Gasteiger partial charge in [0.1, 0.15) is 6.17 Å². The molecule has 0 spiro atoms. The molecule has 0 radical (unpaired) electrons. The number of hydrogen-bond acceptors (Lipinski definition) is 2. The van der Waals surface area contributed by atoms with Crippen molar-refractivity contribution < 1.29 is 18.0 Å². The third kappa shape index (κ3) is 3.50. The van der Waals surface area contributed by atoms with Gasteiger partial charge in [-0.2, -0.15) is 13.2 Å². The normalized spacial score (nSPS) is 18.2. The lowest BCUT2D eigenvalue weighted by Gasteiger charge is -2.29. The van der Waals surface area contributed by atoms with Gasteiger partial charge >= 0.3 is 6.18 Å². The van der Waals surface area contributed by atoms with Crippen molar-refractivity contribution in [1.29, 1.82) is 0 Å². The van der Waals surface area contributed by atoms with Gasteiger partial charge in [-0.15, -0.1) is 0 Å². The number of amides is 1. The lowest BCUT2D eigenvalue weighted by atomic mass is 10.1. The quantitative estimate of drug-likeness (QED) is 0.909. The fourth-order valence-electron chi connectivity index (χ4n) is 2.07. The summed E-state index contributed by atoms with van der Waals surface area (Å²) in [5, 5.41) is 2.59. The van der Waals surface area contributed by atoms with E-state index in [4.69, 9.17) is 0 Å². The van der Waals surface area contributed by atoms with E-state index >= 15 is 0 Å². The van der Waals surface area contributed by atoms with Crippen LogP contribution in [0.15, 0.2) is 42.1 Å². The van der Waals surface area contributed by atoms with Crippen LogP contribution in [0.5, 0.6) is 0 Å². The van der Waals surface area contributed by atoms with Crippen LogP contribution in [-0.2, 0) is 0 Å². The van der Waals surface area contributed by atoms with Gasteiger partial charge in [-0.05, 0) is 49.3 Å². The van der Waals surface area contributed by atoms with E-state index < -0.39 is 23.8 Å². The Labute approximate surface area is 127 Å². The molecule has 22 heavy (non-hydrogen) atoms. The minimum atomic E-state index is -4.43. The van der Waals surface area contributed by atoms with Crippen molar-refractivity contribution in [2.45, 2.75) is 26.2 Å². The minimum Gasteiger partial charge on any atom is -0.357 e. The molecular formula is C16H17F3N2O. The van der Waals surface area contributed by atoms with E-state index in [1.54, 1.807) is 19.2 Å².